The molecule has 0 saturated carbocycles. The molecule has 8 heteroatoms. The minimum absolute atomic E-state index is 0.0299. The molecule has 134 valence electrons. The Bertz CT molecular complexity index is 744. The number of benzene rings is 2. The van der Waals surface area contributed by atoms with Crippen LogP contribution in [0.1, 0.15) is 11.1 Å². The third-order valence-corrected chi connectivity index (χ3v) is 3.45. The number of amides is 1. The molecule has 0 bridgehead atoms. The molecule has 0 aliphatic rings. The first kappa shape index (κ1) is 18.9. The van der Waals surface area contributed by atoms with E-state index < -0.39 is 29.3 Å². The van der Waals surface area contributed by atoms with Crippen molar-refractivity contribution in [3.8, 4) is 0 Å². The van der Waals surface area contributed by atoms with E-state index in [-0.39, 0.29) is 12.2 Å². The lowest BCUT2D eigenvalue weighted by molar-refractivity contribution is -0.885. The van der Waals surface area contributed by atoms with Crippen molar-refractivity contribution in [1.29, 1.82) is 0 Å². The second kappa shape index (κ2) is 7.60. The van der Waals surface area contributed by atoms with Gasteiger partial charge in [0.25, 0.3) is 5.91 Å². The molecule has 0 aromatic heterocycles. The van der Waals surface area contributed by atoms with Crippen molar-refractivity contribution in [2.45, 2.75) is 12.7 Å². The molecule has 25 heavy (non-hydrogen) atoms. The fourth-order valence-corrected chi connectivity index (χ4v) is 2.28. The van der Waals surface area contributed by atoms with Crippen molar-refractivity contribution >= 4 is 11.6 Å². The van der Waals surface area contributed by atoms with Crippen molar-refractivity contribution in [1.82, 2.24) is 0 Å². The Balaban J connectivity index is 1.91. The Labute approximate surface area is 141 Å². The van der Waals surface area contributed by atoms with Gasteiger partial charge in [0.15, 0.2) is 6.54 Å². The number of likely N-dealkylation sites (N-methyl/N-ethyl adjacent to an activating group) is 1. The first-order chi connectivity index (χ1) is 11.6. The standard InChI is InChI=1S/C17H15F5N2O/c1-24(9-11-2-4-12(5-3-11)17(20,21)22)10-16(25)23-15-7-6-13(18)8-14(15)19/h2-8H,9-10H2,1H3,(H,23,25)/p+1. The molecular formula is C17H16F5N2O+. The highest BCUT2D eigenvalue weighted by atomic mass is 19.4. The molecule has 2 N–H and O–H groups in total. The molecule has 0 aliphatic carbocycles. The van der Waals surface area contributed by atoms with Gasteiger partial charge in [-0.25, -0.2) is 8.78 Å². The van der Waals surface area contributed by atoms with Gasteiger partial charge in [0.1, 0.15) is 18.2 Å². The number of alkyl halides is 3. The smallest absolute Gasteiger partial charge is 0.326 e. The van der Waals surface area contributed by atoms with E-state index in [1.54, 1.807) is 7.05 Å². The largest absolute Gasteiger partial charge is 0.416 e. The average molecular weight is 359 g/mol. The van der Waals surface area contributed by atoms with E-state index in [0.29, 0.717) is 23.1 Å². The first-order valence-electron chi connectivity index (χ1n) is 7.37. The zero-order chi connectivity index (χ0) is 18.6. The number of hydrogen-bond donors (Lipinski definition) is 2. The van der Waals surface area contributed by atoms with Crippen LogP contribution in [-0.2, 0) is 17.5 Å². The quantitative estimate of drug-likeness (QED) is 0.791. The summed E-state index contributed by atoms with van der Waals surface area (Å²) in [5, 5.41) is 2.33. The van der Waals surface area contributed by atoms with Crippen LogP contribution in [0.5, 0.6) is 0 Å². The maximum atomic E-state index is 13.5. The zero-order valence-electron chi connectivity index (χ0n) is 13.3. The van der Waals surface area contributed by atoms with E-state index in [4.69, 9.17) is 0 Å². The van der Waals surface area contributed by atoms with Crippen LogP contribution in [0.3, 0.4) is 0 Å². The molecule has 1 unspecified atom stereocenters. The highest BCUT2D eigenvalue weighted by Crippen LogP contribution is 2.28. The predicted octanol–water partition coefficient (Wildman–Crippen LogP) is 2.64. The normalized spacial score (nSPS) is 12.7. The number of quaternary nitrogens is 1. The Morgan fingerprint density at radius 2 is 1.72 bits per heavy atom. The monoisotopic (exact) mass is 359 g/mol. The second-order valence-corrected chi connectivity index (χ2v) is 5.68. The van der Waals surface area contributed by atoms with E-state index in [9.17, 15) is 26.7 Å². The Kier molecular flexibility index (Phi) is 5.73. The fraction of sp³-hybridized carbons (Fsp3) is 0.235. The summed E-state index contributed by atoms with van der Waals surface area (Å²) in [5.41, 5.74) is -0.238. The summed E-state index contributed by atoms with van der Waals surface area (Å²) in [5.74, 6) is -2.12. The summed E-state index contributed by atoms with van der Waals surface area (Å²) in [7, 11) is 1.68. The molecule has 0 saturated heterocycles. The number of rotatable bonds is 5. The predicted molar refractivity (Wildman–Crippen MR) is 81.9 cm³/mol. The maximum Gasteiger partial charge on any atom is 0.416 e. The lowest BCUT2D eigenvalue weighted by atomic mass is 10.1. The van der Waals surface area contributed by atoms with Crippen LogP contribution in [0.15, 0.2) is 42.5 Å². The van der Waals surface area contributed by atoms with Gasteiger partial charge >= 0.3 is 6.18 Å². The van der Waals surface area contributed by atoms with Crippen LogP contribution in [0.4, 0.5) is 27.6 Å². The molecular weight excluding hydrogens is 343 g/mol. The van der Waals surface area contributed by atoms with Crippen LogP contribution in [-0.4, -0.2) is 19.5 Å². The molecule has 2 aromatic rings. The molecule has 0 fully saturated rings. The summed E-state index contributed by atoms with van der Waals surface area (Å²) in [6, 6.07) is 7.47. The summed E-state index contributed by atoms with van der Waals surface area (Å²) in [6.45, 7) is 0.287. The number of hydrogen-bond acceptors (Lipinski definition) is 1. The summed E-state index contributed by atoms with van der Waals surface area (Å²) in [4.78, 5) is 12.6. The molecule has 0 aliphatic heterocycles. The van der Waals surface area contributed by atoms with Gasteiger partial charge in [0, 0.05) is 11.6 Å². The van der Waals surface area contributed by atoms with Gasteiger partial charge in [-0.2, -0.15) is 13.2 Å². The first-order valence-corrected chi connectivity index (χ1v) is 7.37. The number of carbonyl (C=O) groups is 1. The van der Waals surface area contributed by atoms with Gasteiger partial charge in [-0.15, -0.1) is 0 Å². The number of nitrogens with one attached hydrogen (secondary N) is 2. The van der Waals surface area contributed by atoms with Crippen molar-refractivity contribution in [3.05, 3.63) is 65.2 Å². The van der Waals surface area contributed by atoms with Crippen molar-refractivity contribution in [2.24, 2.45) is 0 Å². The number of halogens is 5. The van der Waals surface area contributed by atoms with Crippen molar-refractivity contribution < 1.29 is 31.6 Å². The summed E-state index contributed by atoms with van der Waals surface area (Å²) >= 11 is 0. The summed E-state index contributed by atoms with van der Waals surface area (Å²) in [6.07, 6.45) is -4.39. The Morgan fingerprint density at radius 3 is 2.28 bits per heavy atom. The van der Waals surface area contributed by atoms with E-state index in [1.165, 1.54) is 12.1 Å². The van der Waals surface area contributed by atoms with E-state index >= 15 is 0 Å². The zero-order valence-corrected chi connectivity index (χ0v) is 13.3. The summed E-state index contributed by atoms with van der Waals surface area (Å²) < 4.78 is 63.8. The van der Waals surface area contributed by atoms with Gasteiger partial charge in [-0.3, -0.25) is 4.79 Å². The van der Waals surface area contributed by atoms with E-state index in [0.717, 1.165) is 24.3 Å². The van der Waals surface area contributed by atoms with Crippen LogP contribution < -0.4 is 10.2 Å². The van der Waals surface area contributed by atoms with Crippen LogP contribution in [0, 0.1) is 11.6 Å². The molecule has 3 nitrogen and oxygen atoms in total. The van der Waals surface area contributed by atoms with Crippen molar-refractivity contribution in [2.75, 3.05) is 18.9 Å². The third kappa shape index (κ3) is 5.53. The molecule has 0 radical (unpaired) electrons. The maximum absolute atomic E-state index is 13.5. The number of anilines is 1. The molecule has 0 spiro atoms. The Hall–Kier alpha value is -2.48. The fourth-order valence-electron chi connectivity index (χ4n) is 2.28. The molecule has 0 heterocycles. The second-order valence-electron chi connectivity index (χ2n) is 5.68. The highest BCUT2D eigenvalue weighted by Gasteiger charge is 2.30. The SMILES string of the molecule is C[NH+](CC(=O)Nc1ccc(F)cc1F)Cc1ccc(C(F)(F)F)cc1. The van der Waals surface area contributed by atoms with E-state index in [1.807, 2.05) is 0 Å². The minimum atomic E-state index is -4.39. The Morgan fingerprint density at radius 1 is 1.08 bits per heavy atom. The molecule has 1 amide bonds. The number of carbonyl (C=O) groups excluding carboxylic acids is 1. The highest BCUT2D eigenvalue weighted by molar-refractivity contribution is 5.91. The lowest BCUT2D eigenvalue weighted by Gasteiger charge is -2.15. The van der Waals surface area contributed by atoms with Gasteiger partial charge in [-0.05, 0) is 24.3 Å². The van der Waals surface area contributed by atoms with Crippen LogP contribution in [0.25, 0.3) is 0 Å². The minimum Gasteiger partial charge on any atom is -0.326 e. The molecule has 1 atom stereocenters. The third-order valence-electron chi connectivity index (χ3n) is 3.45. The average Bonchev–Trinajstić information content (AvgIpc) is 2.49. The van der Waals surface area contributed by atoms with E-state index in [2.05, 4.69) is 5.32 Å². The van der Waals surface area contributed by atoms with Gasteiger partial charge < -0.3 is 10.2 Å². The molecule has 2 rings (SSSR count). The molecule has 2 aromatic carbocycles. The van der Waals surface area contributed by atoms with Crippen molar-refractivity contribution in [3.63, 3.8) is 0 Å². The van der Waals surface area contributed by atoms with Crippen LogP contribution >= 0.6 is 0 Å². The van der Waals surface area contributed by atoms with Crippen LogP contribution in [0.2, 0.25) is 0 Å². The van der Waals surface area contributed by atoms with Gasteiger partial charge in [0.2, 0.25) is 0 Å². The topological polar surface area (TPSA) is 33.5 Å². The van der Waals surface area contributed by atoms with Gasteiger partial charge in [0.05, 0.1) is 18.3 Å². The lowest BCUT2D eigenvalue weighted by Crippen LogP contribution is -3.08. The van der Waals surface area contributed by atoms with Gasteiger partial charge in [-0.1, -0.05) is 12.1 Å².